The van der Waals surface area contributed by atoms with Gasteiger partial charge in [0.05, 0.1) is 5.69 Å². The van der Waals surface area contributed by atoms with E-state index in [0.29, 0.717) is 12.2 Å². The van der Waals surface area contributed by atoms with Crippen molar-refractivity contribution in [2.24, 2.45) is 0 Å². The van der Waals surface area contributed by atoms with Crippen molar-refractivity contribution >= 4 is 15.9 Å². The highest BCUT2D eigenvalue weighted by atomic mass is 32.2. The van der Waals surface area contributed by atoms with Crippen LogP contribution >= 0.6 is 0 Å². The van der Waals surface area contributed by atoms with Crippen LogP contribution in [-0.2, 0) is 10.2 Å². The van der Waals surface area contributed by atoms with Gasteiger partial charge in [-0.2, -0.15) is 12.7 Å². The topological polar surface area (TPSA) is 61.4 Å². The van der Waals surface area contributed by atoms with E-state index in [1.54, 1.807) is 7.05 Å². The Morgan fingerprint density at radius 3 is 2.29 bits per heavy atom. The second-order valence-corrected chi connectivity index (χ2v) is 7.19. The predicted octanol–water partition coefficient (Wildman–Crippen LogP) is 2.28. The third kappa shape index (κ3) is 6.46. The van der Waals surface area contributed by atoms with Crippen molar-refractivity contribution in [1.82, 2.24) is 9.62 Å². The first-order valence-corrected chi connectivity index (χ1v) is 8.82. The van der Waals surface area contributed by atoms with Crippen LogP contribution in [0.4, 0.5) is 5.69 Å². The quantitative estimate of drug-likeness (QED) is 0.688. The molecular formula is C15H27N3O2S. The first-order chi connectivity index (χ1) is 9.85. The van der Waals surface area contributed by atoms with Gasteiger partial charge in [0.2, 0.25) is 0 Å². The minimum absolute atomic E-state index is 0.497. The highest BCUT2D eigenvalue weighted by Gasteiger charge is 2.17. The molecule has 0 aliphatic carbocycles. The molecule has 0 bridgehead atoms. The minimum Gasteiger partial charge on any atom is -0.317 e. The van der Waals surface area contributed by atoms with Gasteiger partial charge in [-0.05, 0) is 63.0 Å². The van der Waals surface area contributed by atoms with Gasteiger partial charge in [0.1, 0.15) is 0 Å². The fourth-order valence-electron chi connectivity index (χ4n) is 2.11. The Morgan fingerprint density at radius 1 is 1.10 bits per heavy atom. The van der Waals surface area contributed by atoms with Crippen LogP contribution in [0.5, 0.6) is 0 Å². The first-order valence-electron chi connectivity index (χ1n) is 7.38. The molecule has 5 nitrogen and oxygen atoms in total. The molecule has 1 rings (SSSR count). The van der Waals surface area contributed by atoms with E-state index < -0.39 is 10.2 Å². The average molecular weight is 313 g/mol. The zero-order chi connectivity index (χ0) is 15.9. The van der Waals surface area contributed by atoms with Gasteiger partial charge < -0.3 is 5.32 Å². The zero-order valence-corrected chi connectivity index (χ0v) is 14.3. The van der Waals surface area contributed by atoms with Crippen molar-refractivity contribution in [3.63, 3.8) is 0 Å². The van der Waals surface area contributed by atoms with Crippen molar-refractivity contribution in [2.75, 3.05) is 31.4 Å². The summed E-state index contributed by atoms with van der Waals surface area (Å²) in [6, 6.07) is 5.68. The van der Waals surface area contributed by atoms with E-state index in [2.05, 4.69) is 17.0 Å². The Kier molecular flexibility index (Phi) is 7.14. The van der Waals surface area contributed by atoms with Crippen LogP contribution in [0.25, 0.3) is 0 Å². The van der Waals surface area contributed by atoms with E-state index in [-0.39, 0.29) is 0 Å². The van der Waals surface area contributed by atoms with Crippen LogP contribution in [0, 0.1) is 13.8 Å². The van der Waals surface area contributed by atoms with Gasteiger partial charge in [-0.25, -0.2) is 0 Å². The van der Waals surface area contributed by atoms with Gasteiger partial charge in [0, 0.05) is 13.6 Å². The lowest BCUT2D eigenvalue weighted by Gasteiger charge is -2.19. The van der Waals surface area contributed by atoms with Crippen LogP contribution < -0.4 is 10.0 Å². The molecule has 0 atom stereocenters. The second-order valence-electron chi connectivity index (χ2n) is 5.41. The first kappa shape index (κ1) is 17.9. The maximum absolute atomic E-state index is 12.2. The van der Waals surface area contributed by atoms with Crippen LogP contribution in [0.1, 0.15) is 30.9 Å². The van der Waals surface area contributed by atoms with Crippen molar-refractivity contribution in [1.29, 1.82) is 0 Å². The van der Waals surface area contributed by atoms with E-state index in [4.69, 9.17) is 0 Å². The van der Waals surface area contributed by atoms with Gasteiger partial charge >= 0.3 is 10.2 Å². The standard InChI is InChI=1S/C15H27N3O2S/c1-5-7-16-8-6-9-18(4)21(19,20)17-15-11-13(2)10-14(3)12-15/h10-12,16-17H,5-9H2,1-4H3. The molecular weight excluding hydrogens is 286 g/mol. The molecule has 1 aromatic carbocycles. The summed E-state index contributed by atoms with van der Waals surface area (Å²) in [4.78, 5) is 0. The number of rotatable bonds is 9. The van der Waals surface area contributed by atoms with Crippen molar-refractivity contribution in [2.45, 2.75) is 33.6 Å². The predicted molar refractivity (Wildman–Crippen MR) is 88.9 cm³/mol. The molecule has 0 amide bonds. The monoisotopic (exact) mass is 313 g/mol. The van der Waals surface area contributed by atoms with E-state index in [1.807, 2.05) is 32.0 Å². The fourth-order valence-corrected chi connectivity index (χ4v) is 3.05. The smallest absolute Gasteiger partial charge is 0.301 e. The van der Waals surface area contributed by atoms with Gasteiger partial charge in [-0.3, -0.25) is 4.72 Å². The molecule has 0 aliphatic rings. The van der Waals surface area contributed by atoms with Crippen molar-refractivity contribution in [3.05, 3.63) is 29.3 Å². The second kappa shape index (κ2) is 8.36. The number of hydrogen-bond donors (Lipinski definition) is 2. The molecule has 0 unspecified atom stereocenters. The SMILES string of the molecule is CCCNCCCN(C)S(=O)(=O)Nc1cc(C)cc(C)c1. The Morgan fingerprint density at radius 2 is 1.71 bits per heavy atom. The van der Waals surface area contributed by atoms with Crippen LogP contribution in [0.3, 0.4) is 0 Å². The summed E-state index contributed by atoms with van der Waals surface area (Å²) in [5.41, 5.74) is 2.70. The van der Waals surface area contributed by atoms with Gasteiger partial charge in [0.15, 0.2) is 0 Å². The Labute approximate surface area is 128 Å². The molecule has 1 aromatic rings. The van der Waals surface area contributed by atoms with Crippen LogP contribution in [0.2, 0.25) is 0 Å². The van der Waals surface area contributed by atoms with Crippen molar-refractivity contribution < 1.29 is 8.42 Å². The molecule has 2 N–H and O–H groups in total. The summed E-state index contributed by atoms with van der Waals surface area (Å²) in [6.07, 6.45) is 1.88. The number of aryl methyl sites for hydroxylation is 2. The number of hydrogen-bond acceptors (Lipinski definition) is 3. The van der Waals surface area contributed by atoms with Crippen molar-refractivity contribution in [3.8, 4) is 0 Å². The van der Waals surface area contributed by atoms with Gasteiger partial charge in [-0.15, -0.1) is 0 Å². The summed E-state index contributed by atoms with van der Waals surface area (Å²) in [5, 5.41) is 3.26. The average Bonchev–Trinajstić information content (AvgIpc) is 2.36. The van der Waals surface area contributed by atoms with E-state index in [0.717, 1.165) is 37.1 Å². The molecule has 0 fully saturated rings. The number of anilines is 1. The molecule has 120 valence electrons. The fraction of sp³-hybridized carbons (Fsp3) is 0.600. The normalized spacial score (nSPS) is 11.9. The van der Waals surface area contributed by atoms with E-state index in [9.17, 15) is 8.42 Å². The molecule has 0 aliphatic heterocycles. The van der Waals surface area contributed by atoms with E-state index in [1.165, 1.54) is 4.31 Å². The third-order valence-electron chi connectivity index (χ3n) is 3.13. The molecule has 0 spiro atoms. The lowest BCUT2D eigenvalue weighted by atomic mass is 10.1. The molecule has 0 radical (unpaired) electrons. The molecule has 0 aromatic heterocycles. The van der Waals surface area contributed by atoms with Gasteiger partial charge in [-0.1, -0.05) is 13.0 Å². The molecule has 0 saturated heterocycles. The Balaban J connectivity index is 2.55. The minimum atomic E-state index is -3.48. The Bertz CT molecular complexity index is 524. The van der Waals surface area contributed by atoms with Gasteiger partial charge in [0.25, 0.3) is 0 Å². The van der Waals surface area contributed by atoms with Crippen LogP contribution in [0.15, 0.2) is 18.2 Å². The molecule has 6 heteroatoms. The van der Waals surface area contributed by atoms with E-state index >= 15 is 0 Å². The lowest BCUT2D eigenvalue weighted by molar-refractivity contribution is 0.458. The number of nitrogens with zero attached hydrogens (tertiary/aromatic N) is 1. The summed E-state index contributed by atoms with van der Waals surface area (Å²) in [5.74, 6) is 0. The van der Waals surface area contributed by atoms with Crippen LogP contribution in [-0.4, -0.2) is 39.4 Å². The maximum Gasteiger partial charge on any atom is 0.301 e. The molecule has 0 heterocycles. The zero-order valence-electron chi connectivity index (χ0n) is 13.4. The summed E-state index contributed by atoms with van der Waals surface area (Å²) < 4.78 is 28.5. The third-order valence-corrected chi connectivity index (χ3v) is 4.63. The summed E-state index contributed by atoms with van der Waals surface area (Å²) in [7, 11) is -1.88. The largest absolute Gasteiger partial charge is 0.317 e. The molecule has 21 heavy (non-hydrogen) atoms. The number of benzene rings is 1. The maximum atomic E-state index is 12.2. The highest BCUT2D eigenvalue weighted by molar-refractivity contribution is 7.90. The summed E-state index contributed by atoms with van der Waals surface area (Å²) >= 11 is 0. The molecule has 0 saturated carbocycles. The summed E-state index contributed by atoms with van der Waals surface area (Å²) in [6.45, 7) is 8.31. The Hall–Kier alpha value is -1.11. The lowest BCUT2D eigenvalue weighted by Crippen LogP contribution is -2.34. The highest BCUT2D eigenvalue weighted by Crippen LogP contribution is 2.16. The number of nitrogens with one attached hydrogen (secondary N) is 2.